The van der Waals surface area contributed by atoms with E-state index in [0.717, 1.165) is 0 Å². The summed E-state index contributed by atoms with van der Waals surface area (Å²) in [5.74, 6) is -3.91. The molecule has 0 amide bonds. The Morgan fingerprint density at radius 3 is 0.257 bits per heavy atom. The molecule has 0 N–H and O–H groups in total. The van der Waals surface area contributed by atoms with Crippen LogP contribution in [0.1, 0.15) is 111 Å². The lowest BCUT2D eigenvalue weighted by molar-refractivity contribution is -0.151. The Bertz CT molecular complexity index is 2630. The maximum absolute atomic E-state index is 11.0. The lowest BCUT2D eigenvalue weighted by Crippen LogP contribution is -2.43. The minimum Gasteiger partial charge on any atom is -0.463 e. The number of esters is 8. The van der Waals surface area contributed by atoms with Crippen LogP contribution in [0, 0.1) is 21.7 Å². The van der Waals surface area contributed by atoms with Gasteiger partial charge in [-0.15, -0.1) is 0 Å². The highest BCUT2D eigenvalue weighted by molar-refractivity contribution is 5.79. The molecule has 0 rings (SSSR count). The van der Waals surface area contributed by atoms with E-state index in [0.29, 0.717) is 0 Å². The molecule has 0 spiro atoms. The summed E-state index contributed by atoms with van der Waals surface area (Å²) in [5, 5.41) is 0. The van der Waals surface area contributed by atoms with Crippen LogP contribution in [0.25, 0.3) is 0 Å². The van der Waals surface area contributed by atoms with Gasteiger partial charge >= 0.3 is 47.8 Å². The van der Waals surface area contributed by atoms with Crippen LogP contribution in [0.3, 0.4) is 0 Å². The molecule has 0 fully saturated rings. The van der Waals surface area contributed by atoms with Crippen molar-refractivity contribution in [3.05, 3.63) is 0 Å². The zero-order valence-electron chi connectivity index (χ0n) is 85.2. The van der Waals surface area contributed by atoms with Crippen molar-refractivity contribution in [2.75, 3.05) is 370 Å². The van der Waals surface area contributed by atoms with Crippen molar-refractivity contribution in [1.82, 2.24) is 0 Å². The molecule has 0 aromatic carbocycles. The van der Waals surface area contributed by atoms with E-state index in [9.17, 15) is 76.7 Å². The van der Waals surface area contributed by atoms with Gasteiger partial charge in [-0.05, 0) is 55.4 Å². The van der Waals surface area contributed by atoms with Crippen molar-refractivity contribution in [2.24, 2.45) is 21.7 Å². The fourth-order valence-corrected chi connectivity index (χ4v) is 10.2. The van der Waals surface area contributed by atoms with Crippen molar-refractivity contribution in [3.63, 3.8) is 0 Å². The Morgan fingerprint density at radius 2 is 0.186 bits per heavy atom. The van der Waals surface area contributed by atoms with Crippen LogP contribution in [-0.2, 0) is 228 Å². The van der Waals surface area contributed by atoms with Gasteiger partial charge in [0.05, 0.1) is 286 Å². The quantitative estimate of drug-likeness (QED) is 0.0473. The fraction of sp³-hybridized carbons (Fsp3) is 0.826. The van der Waals surface area contributed by atoms with Crippen molar-refractivity contribution in [3.8, 4) is 0 Å². The third-order valence-electron chi connectivity index (χ3n) is 16.2. The summed E-state index contributed by atoms with van der Waals surface area (Å²) in [6, 6.07) is 0. The summed E-state index contributed by atoms with van der Waals surface area (Å²) in [4.78, 5) is 175. The highest BCUT2D eigenvalue weighted by atomic mass is 16.6. The van der Waals surface area contributed by atoms with E-state index < -0.39 is 69.4 Å². The van der Waals surface area contributed by atoms with Gasteiger partial charge in [-0.3, -0.25) is 76.7 Å². The molecule has 48 nitrogen and oxygen atoms in total. The average Bonchev–Trinajstić information content (AvgIpc) is 0.879. The third kappa shape index (κ3) is 104. The van der Waals surface area contributed by atoms with Crippen LogP contribution in [0.5, 0.6) is 0 Å². The molecule has 0 unspecified atom stereocenters. The first-order chi connectivity index (χ1) is 66.7. The van der Waals surface area contributed by atoms with Crippen LogP contribution in [0.4, 0.5) is 0 Å². The summed E-state index contributed by atoms with van der Waals surface area (Å²) >= 11 is 0. The summed E-state index contributed by atoms with van der Waals surface area (Å²) in [7, 11) is 0. The first-order valence-electron chi connectivity index (χ1n) is 45.6. The second-order valence-corrected chi connectivity index (χ2v) is 31.6. The summed E-state index contributed by atoms with van der Waals surface area (Å²) in [5.41, 5.74) is -3.03. The highest BCUT2D eigenvalue weighted by Gasteiger charge is 2.37. The Kier molecular flexibility index (Phi) is 94.9. The molecule has 0 heterocycles. The summed E-state index contributed by atoms with van der Waals surface area (Å²) < 4.78 is 173. The molecule has 0 aliphatic rings. The van der Waals surface area contributed by atoms with Gasteiger partial charge in [-0.1, -0.05) is 0 Å². The number of rotatable bonds is 96. The van der Waals surface area contributed by atoms with Gasteiger partial charge in [0.1, 0.15) is 106 Å². The second kappa shape index (κ2) is 96.0. The number of carbonyl (C=O) groups is 16. The normalized spacial score (nSPS) is 11.3. The predicted octanol–water partition coefficient (Wildman–Crippen LogP) is 1.51. The van der Waals surface area contributed by atoms with E-state index in [1.807, 2.05) is 0 Å². The first kappa shape index (κ1) is 138. The van der Waals surface area contributed by atoms with Gasteiger partial charge in [0, 0.05) is 55.4 Å². The zero-order chi connectivity index (χ0) is 105. The third-order valence-corrected chi connectivity index (χ3v) is 16.2. The molecule has 140 heavy (non-hydrogen) atoms. The van der Waals surface area contributed by atoms with Crippen molar-refractivity contribution in [1.29, 1.82) is 0 Å². The maximum atomic E-state index is 11.0. The second-order valence-electron chi connectivity index (χ2n) is 31.6. The maximum Gasteiger partial charge on any atom is 0.302 e. The molecule has 0 aromatic heterocycles. The van der Waals surface area contributed by atoms with Crippen molar-refractivity contribution in [2.45, 2.75) is 111 Å². The van der Waals surface area contributed by atoms with E-state index >= 15 is 0 Å². The molecule has 0 atom stereocenters. The minimum absolute atomic E-state index is 0.0185. The number of ether oxygens (including phenoxy) is 32. The molecule has 0 aromatic rings. The average molecular weight is 2030 g/mol. The van der Waals surface area contributed by atoms with Gasteiger partial charge in [0.15, 0.2) is 46.3 Å². The first-order valence-corrected chi connectivity index (χ1v) is 45.6. The van der Waals surface area contributed by atoms with E-state index in [4.69, 9.17) is 152 Å². The lowest BCUT2D eigenvalue weighted by Gasteiger charge is -2.33. The lowest BCUT2D eigenvalue weighted by atomic mass is 9.92. The van der Waals surface area contributed by atoms with E-state index in [-0.39, 0.29) is 416 Å². The molecule has 0 saturated heterocycles. The van der Waals surface area contributed by atoms with Crippen LogP contribution in [0.15, 0.2) is 0 Å². The van der Waals surface area contributed by atoms with Crippen LogP contribution in [0.2, 0.25) is 0 Å². The van der Waals surface area contributed by atoms with E-state index in [1.54, 1.807) is 0 Å². The Balaban J connectivity index is -0.000000882. The molecule has 0 aliphatic carbocycles. The van der Waals surface area contributed by atoms with E-state index in [2.05, 4.69) is 0 Å². The van der Waals surface area contributed by atoms with Crippen LogP contribution < -0.4 is 0 Å². The minimum atomic E-state index is -0.793. The van der Waals surface area contributed by atoms with E-state index in [1.165, 1.54) is 111 Å². The van der Waals surface area contributed by atoms with Crippen LogP contribution in [-0.4, -0.2) is 464 Å². The van der Waals surface area contributed by atoms with Gasteiger partial charge in [-0.25, -0.2) is 0 Å². The number of Topliss-reactive ketones (excluding diaryl/α,β-unsaturated/α-hetero) is 8. The largest absolute Gasteiger partial charge is 0.463 e. The number of ketones is 8. The zero-order valence-corrected chi connectivity index (χ0v) is 85.2. The summed E-state index contributed by atoms with van der Waals surface area (Å²) in [6.45, 7) is 30.5. The Morgan fingerprint density at radius 1 is 0.114 bits per heavy atom. The Labute approximate surface area is 821 Å². The highest BCUT2D eigenvalue weighted by Crippen LogP contribution is 2.25. The molecule has 0 radical (unpaired) electrons. The fourth-order valence-electron chi connectivity index (χ4n) is 10.2. The number of hydrogen-bond acceptors (Lipinski definition) is 48. The topological polar surface area (TPSA) is 568 Å². The summed E-state index contributed by atoms with van der Waals surface area (Å²) in [6.07, 6.45) is 0. The smallest absolute Gasteiger partial charge is 0.302 e. The standard InChI is InChI=1S/2C25H44O12.2C21H36O12/c2*1-21(26)13-30-5-9-34-17-25(18-35-10-6-31-14-22(2)27,19-36-11-7-32-15-23(3)28)20-37-12-8-33-16-24(4)29;2*1-17(22)30-9-5-26-13-21(14-27-6-10-31-18(2)23,15-28-7-11-32-19(3)24)16-29-8-12-33-20(4)25/h2*5-20H2,1-4H3;2*5-16H2,1-4H3. The monoisotopic (exact) mass is 2030 g/mol. The van der Waals surface area contributed by atoms with Crippen molar-refractivity contribution >= 4 is 94.0 Å². The molecular formula is C92H160O48. The molecule has 48 heteroatoms. The van der Waals surface area contributed by atoms with Crippen LogP contribution >= 0.6 is 0 Å². The van der Waals surface area contributed by atoms with Gasteiger partial charge in [0.2, 0.25) is 0 Å². The van der Waals surface area contributed by atoms with Gasteiger partial charge < -0.3 is 152 Å². The molecule has 0 aliphatic heterocycles. The van der Waals surface area contributed by atoms with Gasteiger partial charge in [-0.2, -0.15) is 0 Å². The predicted molar refractivity (Wildman–Crippen MR) is 488 cm³/mol. The molecule has 0 saturated carbocycles. The number of hydrogen-bond donors (Lipinski definition) is 0. The molecule has 0 bridgehead atoms. The SMILES string of the molecule is CC(=O)COCCOCC(COCCOCC(C)=O)(COCCOCC(C)=O)COCCOCC(C)=O.CC(=O)COCCOCC(COCCOCC(C)=O)(COCCOCC(C)=O)COCCOCC(C)=O.CC(=O)OCCOCC(COCCOC(C)=O)(COCCOC(C)=O)COCCOC(C)=O.CC(=O)OCCOCC(COCCOC(C)=O)(COCCOC(C)=O)COCCOC(C)=O. The molecule has 816 valence electrons. The van der Waals surface area contributed by atoms with Gasteiger partial charge in [0.25, 0.3) is 0 Å². The molecular weight excluding hydrogens is 1870 g/mol. The number of carbonyl (C=O) groups excluding carboxylic acids is 16. The Hall–Kier alpha value is -7.84. The van der Waals surface area contributed by atoms with Crippen molar-refractivity contribution < 1.29 is 228 Å².